The Morgan fingerprint density at radius 1 is 1.21 bits per heavy atom. The first-order valence-electron chi connectivity index (χ1n) is 9.16. The third kappa shape index (κ3) is 4.72. The molecule has 0 aliphatic rings. The molecule has 0 unspecified atom stereocenters. The van der Waals surface area contributed by atoms with Crippen LogP contribution in [0, 0.1) is 0 Å². The fourth-order valence-electron chi connectivity index (χ4n) is 2.95. The summed E-state index contributed by atoms with van der Waals surface area (Å²) in [5, 5.41) is 24.2. The number of hydrogen-bond acceptors (Lipinski definition) is 5. The van der Waals surface area contributed by atoms with Crippen molar-refractivity contribution in [2.45, 2.75) is 19.4 Å². The van der Waals surface area contributed by atoms with Crippen molar-refractivity contribution in [3.05, 3.63) is 60.2 Å². The van der Waals surface area contributed by atoms with Crippen LogP contribution >= 0.6 is 0 Å². The molecule has 2 aromatic carbocycles. The van der Waals surface area contributed by atoms with E-state index in [9.17, 15) is 9.90 Å². The highest BCUT2D eigenvalue weighted by atomic mass is 16.3. The minimum absolute atomic E-state index is 0.0269. The molecule has 0 spiro atoms. The largest absolute Gasteiger partial charge is 0.396 e. The van der Waals surface area contributed by atoms with Crippen LogP contribution in [0.5, 0.6) is 0 Å². The maximum Gasteiger partial charge on any atom is 0.322 e. The summed E-state index contributed by atoms with van der Waals surface area (Å²) < 4.78 is 0. The number of aromatic nitrogens is 4. The summed E-state index contributed by atoms with van der Waals surface area (Å²) in [6.45, 7) is 2.45. The molecular formula is C20H24N6O2. The van der Waals surface area contributed by atoms with E-state index >= 15 is 0 Å². The van der Waals surface area contributed by atoms with E-state index in [1.54, 1.807) is 11.9 Å². The molecule has 0 saturated heterocycles. The van der Waals surface area contributed by atoms with E-state index in [2.05, 4.69) is 20.7 Å². The lowest BCUT2D eigenvalue weighted by Crippen LogP contribution is -2.38. The predicted molar refractivity (Wildman–Crippen MR) is 107 cm³/mol. The number of anilines is 1. The van der Waals surface area contributed by atoms with E-state index in [0.29, 0.717) is 24.5 Å². The Hall–Kier alpha value is -3.26. The number of aryl methyl sites for hydroxylation is 1. The Bertz CT molecular complexity index is 912. The molecule has 2 amide bonds. The van der Waals surface area contributed by atoms with E-state index in [-0.39, 0.29) is 18.7 Å². The van der Waals surface area contributed by atoms with Crippen LogP contribution in [0.1, 0.15) is 24.9 Å². The van der Waals surface area contributed by atoms with E-state index < -0.39 is 0 Å². The van der Waals surface area contributed by atoms with Crippen LogP contribution < -0.4 is 5.32 Å². The van der Waals surface area contributed by atoms with Crippen molar-refractivity contribution in [2.75, 3.05) is 18.5 Å². The number of urea groups is 1. The van der Waals surface area contributed by atoms with Gasteiger partial charge in [0.1, 0.15) is 0 Å². The molecule has 0 aliphatic heterocycles. The molecule has 0 bridgehead atoms. The molecule has 8 heteroatoms. The van der Waals surface area contributed by atoms with Gasteiger partial charge in [0, 0.05) is 24.4 Å². The highest BCUT2D eigenvalue weighted by Gasteiger charge is 2.21. The molecule has 3 aromatic rings. The lowest BCUT2D eigenvalue weighted by atomic mass is 10.1. The van der Waals surface area contributed by atoms with Gasteiger partial charge in [-0.25, -0.2) is 4.79 Å². The molecule has 28 heavy (non-hydrogen) atoms. The smallest absolute Gasteiger partial charge is 0.322 e. The van der Waals surface area contributed by atoms with Gasteiger partial charge in [-0.05, 0) is 36.3 Å². The minimum Gasteiger partial charge on any atom is -0.396 e. The third-order valence-corrected chi connectivity index (χ3v) is 4.45. The molecule has 0 radical (unpaired) electrons. The number of rotatable bonds is 7. The van der Waals surface area contributed by atoms with Crippen LogP contribution in [0.4, 0.5) is 10.5 Å². The first kappa shape index (κ1) is 19.5. The van der Waals surface area contributed by atoms with Crippen molar-refractivity contribution in [3.8, 4) is 11.4 Å². The quantitative estimate of drug-likeness (QED) is 0.657. The Morgan fingerprint density at radius 3 is 2.68 bits per heavy atom. The fourth-order valence-corrected chi connectivity index (χ4v) is 2.95. The number of nitrogens with zero attached hydrogens (tertiary/aromatic N) is 5. The van der Waals surface area contributed by atoms with Crippen molar-refractivity contribution in [1.82, 2.24) is 25.1 Å². The predicted octanol–water partition coefficient (Wildman–Crippen LogP) is 2.85. The summed E-state index contributed by atoms with van der Waals surface area (Å²) in [6, 6.07) is 16.8. The van der Waals surface area contributed by atoms with Crippen molar-refractivity contribution in [3.63, 3.8) is 0 Å². The van der Waals surface area contributed by atoms with Gasteiger partial charge in [0.05, 0.1) is 13.1 Å². The van der Waals surface area contributed by atoms with E-state index in [4.69, 9.17) is 0 Å². The highest BCUT2D eigenvalue weighted by molar-refractivity contribution is 5.90. The molecule has 2 N–H and O–H groups in total. The number of hydrogen-bond donors (Lipinski definition) is 2. The number of nitrogens with one attached hydrogen (secondary N) is 1. The number of benzene rings is 2. The van der Waals surface area contributed by atoms with Crippen LogP contribution in [-0.4, -0.2) is 49.4 Å². The molecule has 3 rings (SSSR count). The number of aliphatic hydroxyl groups excluding tert-OH is 1. The van der Waals surface area contributed by atoms with Gasteiger partial charge in [-0.2, -0.15) is 4.80 Å². The first-order chi connectivity index (χ1) is 13.6. The number of aliphatic hydroxyl groups is 1. The van der Waals surface area contributed by atoms with Crippen LogP contribution in [0.15, 0.2) is 54.6 Å². The van der Waals surface area contributed by atoms with Crippen molar-refractivity contribution >= 4 is 11.7 Å². The van der Waals surface area contributed by atoms with E-state index in [1.165, 1.54) is 4.80 Å². The Morgan fingerprint density at radius 2 is 2.00 bits per heavy atom. The maximum atomic E-state index is 13.0. The lowest BCUT2D eigenvalue weighted by Gasteiger charge is -2.29. The Labute approximate surface area is 163 Å². The molecule has 0 aliphatic carbocycles. The second-order valence-electron chi connectivity index (χ2n) is 6.47. The molecular weight excluding hydrogens is 356 g/mol. The number of carbonyl (C=O) groups excluding carboxylic acids is 1. The highest BCUT2D eigenvalue weighted by Crippen LogP contribution is 2.23. The van der Waals surface area contributed by atoms with Gasteiger partial charge in [-0.15, -0.1) is 10.2 Å². The summed E-state index contributed by atoms with van der Waals surface area (Å²) in [5.74, 6) is 0.494. The Kier molecular flexibility index (Phi) is 6.33. The Balaban J connectivity index is 1.78. The van der Waals surface area contributed by atoms with Gasteiger partial charge >= 0.3 is 6.03 Å². The molecule has 1 atom stereocenters. The zero-order valence-electron chi connectivity index (χ0n) is 16.0. The molecule has 8 nitrogen and oxygen atoms in total. The third-order valence-electron chi connectivity index (χ3n) is 4.45. The van der Waals surface area contributed by atoms with Crippen molar-refractivity contribution < 1.29 is 9.90 Å². The second-order valence-corrected chi connectivity index (χ2v) is 6.47. The normalized spacial score (nSPS) is 11.8. The fraction of sp³-hybridized carbons (Fsp3) is 0.300. The van der Waals surface area contributed by atoms with Gasteiger partial charge < -0.3 is 15.3 Å². The average molecular weight is 380 g/mol. The number of tetrazole rings is 1. The summed E-state index contributed by atoms with van der Waals surface area (Å²) in [4.78, 5) is 16.1. The van der Waals surface area contributed by atoms with Gasteiger partial charge in [-0.1, -0.05) is 42.5 Å². The van der Waals surface area contributed by atoms with E-state index in [0.717, 1.165) is 11.1 Å². The molecule has 1 aromatic heterocycles. The topological polar surface area (TPSA) is 96.2 Å². The SMILES string of the molecule is C[C@H](c1ccccc1)N(CCCO)C(=O)Nc1cccc(-c2nnn(C)n2)c1. The number of amides is 2. The molecule has 0 fully saturated rings. The van der Waals surface area contributed by atoms with Crippen molar-refractivity contribution in [2.24, 2.45) is 7.05 Å². The van der Waals surface area contributed by atoms with Gasteiger partial charge in [0.2, 0.25) is 5.82 Å². The molecule has 0 saturated carbocycles. The van der Waals surface area contributed by atoms with E-state index in [1.807, 2.05) is 61.5 Å². The van der Waals surface area contributed by atoms with Gasteiger partial charge in [-0.3, -0.25) is 0 Å². The first-order valence-corrected chi connectivity index (χ1v) is 9.16. The second kappa shape index (κ2) is 9.09. The molecule has 146 valence electrons. The number of carbonyl (C=O) groups is 1. The summed E-state index contributed by atoms with van der Waals surface area (Å²) >= 11 is 0. The van der Waals surface area contributed by atoms with Gasteiger partial charge in [0.25, 0.3) is 0 Å². The summed E-state index contributed by atoms with van der Waals surface area (Å²) in [7, 11) is 1.70. The standard InChI is InChI=1S/C20H24N6O2/c1-15(16-8-4-3-5-9-16)26(12-7-13-27)20(28)21-18-11-6-10-17(14-18)19-22-24-25(2)23-19/h3-6,8-11,14-15,27H,7,12-13H2,1-2H3,(H,21,28)/t15-/m1/s1. The van der Waals surface area contributed by atoms with Gasteiger partial charge in [0.15, 0.2) is 0 Å². The lowest BCUT2D eigenvalue weighted by molar-refractivity contribution is 0.182. The maximum absolute atomic E-state index is 13.0. The zero-order chi connectivity index (χ0) is 19.9. The summed E-state index contributed by atoms with van der Waals surface area (Å²) in [5.41, 5.74) is 2.45. The minimum atomic E-state index is -0.228. The zero-order valence-corrected chi connectivity index (χ0v) is 16.0. The van der Waals surface area contributed by atoms with Crippen LogP contribution in [-0.2, 0) is 7.05 Å². The molecule has 1 heterocycles. The monoisotopic (exact) mass is 380 g/mol. The van der Waals surface area contributed by atoms with Crippen LogP contribution in [0.25, 0.3) is 11.4 Å². The van der Waals surface area contributed by atoms with Crippen LogP contribution in [0.3, 0.4) is 0 Å². The summed E-state index contributed by atoms with van der Waals surface area (Å²) in [6.07, 6.45) is 0.508. The van der Waals surface area contributed by atoms with Crippen molar-refractivity contribution in [1.29, 1.82) is 0 Å². The average Bonchev–Trinajstić information content (AvgIpc) is 3.15. The van der Waals surface area contributed by atoms with Crippen LogP contribution in [0.2, 0.25) is 0 Å².